The lowest BCUT2D eigenvalue weighted by Crippen LogP contribution is -2.47. The summed E-state index contributed by atoms with van der Waals surface area (Å²) in [6.07, 6.45) is 0. The van der Waals surface area contributed by atoms with E-state index in [4.69, 9.17) is 8.85 Å². The number of hydrogen-bond donors (Lipinski definition) is 0. The molecule has 0 aliphatic rings. The molecule has 0 aromatic carbocycles. The van der Waals surface area contributed by atoms with Crippen LogP contribution >= 0.6 is 11.8 Å². The van der Waals surface area contributed by atoms with Crippen molar-refractivity contribution in [2.75, 3.05) is 13.2 Å². The first kappa shape index (κ1) is 17.7. The fourth-order valence-corrected chi connectivity index (χ4v) is 8.85. The van der Waals surface area contributed by atoms with Crippen LogP contribution < -0.4 is 0 Å². The zero-order valence-electron chi connectivity index (χ0n) is 12.8. The van der Waals surface area contributed by atoms with Crippen LogP contribution in [0, 0.1) is 0 Å². The molecule has 2 nitrogen and oxygen atoms in total. The fourth-order valence-electron chi connectivity index (χ4n) is 1.61. The quantitative estimate of drug-likeness (QED) is 0.629. The SMILES string of the molecule is CCO[Si](C)(C)C(C)SC(C)[Si](C)(C)OCC. The van der Waals surface area contributed by atoms with Crippen LogP contribution in [-0.2, 0) is 8.85 Å². The number of rotatable bonds is 8. The monoisotopic (exact) mass is 294 g/mol. The Bertz CT molecular complexity index is 201. The third-order valence-electron chi connectivity index (χ3n) is 3.40. The average molecular weight is 295 g/mol. The van der Waals surface area contributed by atoms with Crippen molar-refractivity contribution in [3.8, 4) is 0 Å². The summed E-state index contributed by atoms with van der Waals surface area (Å²) in [7, 11) is -3.08. The minimum Gasteiger partial charge on any atom is -0.417 e. The highest BCUT2D eigenvalue weighted by Gasteiger charge is 2.37. The summed E-state index contributed by atoms with van der Waals surface area (Å²) in [5, 5.41) is 0. The first-order valence-corrected chi connectivity index (χ1v) is 13.5. The van der Waals surface area contributed by atoms with Crippen LogP contribution in [0.4, 0.5) is 0 Å². The molecular formula is C12H30O2SSi2. The molecule has 0 heterocycles. The van der Waals surface area contributed by atoms with Gasteiger partial charge in [-0.05, 0) is 40.0 Å². The molecule has 17 heavy (non-hydrogen) atoms. The second kappa shape index (κ2) is 7.33. The molecule has 0 rings (SSSR count). The van der Waals surface area contributed by atoms with Crippen molar-refractivity contribution >= 4 is 28.4 Å². The summed E-state index contributed by atoms with van der Waals surface area (Å²) in [5.41, 5.74) is 0. The van der Waals surface area contributed by atoms with Gasteiger partial charge in [0.05, 0.1) is 0 Å². The second-order valence-electron chi connectivity index (χ2n) is 5.49. The van der Waals surface area contributed by atoms with E-state index < -0.39 is 16.6 Å². The first-order valence-electron chi connectivity index (χ1n) is 6.60. The maximum absolute atomic E-state index is 5.96. The largest absolute Gasteiger partial charge is 0.417 e. The third-order valence-corrected chi connectivity index (χ3v) is 14.4. The summed E-state index contributed by atoms with van der Waals surface area (Å²) >= 11 is 2.07. The summed E-state index contributed by atoms with van der Waals surface area (Å²) in [6.45, 7) is 19.8. The standard InChI is InChI=1S/C12H30O2SSi2/c1-9-13-16(5,6)11(3)15-12(4)17(7,8)14-10-2/h11-12H,9-10H2,1-8H3. The molecule has 0 aromatic rings. The van der Waals surface area contributed by atoms with Crippen molar-refractivity contribution in [1.82, 2.24) is 0 Å². The van der Waals surface area contributed by atoms with E-state index in [0.717, 1.165) is 13.2 Å². The van der Waals surface area contributed by atoms with Gasteiger partial charge >= 0.3 is 0 Å². The van der Waals surface area contributed by atoms with Crippen LogP contribution in [0.25, 0.3) is 0 Å². The van der Waals surface area contributed by atoms with Crippen LogP contribution in [0.1, 0.15) is 27.7 Å². The molecule has 104 valence electrons. The molecular weight excluding hydrogens is 264 g/mol. The molecule has 0 radical (unpaired) electrons. The van der Waals surface area contributed by atoms with E-state index in [0.29, 0.717) is 9.75 Å². The Hall–Kier alpha value is 0.704. The molecule has 0 spiro atoms. The Morgan fingerprint density at radius 2 is 1.12 bits per heavy atom. The van der Waals surface area contributed by atoms with Crippen molar-refractivity contribution in [1.29, 1.82) is 0 Å². The smallest absolute Gasteiger partial charge is 0.199 e. The molecule has 5 heteroatoms. The lowest BCUT2D eigenvalue weighted by molar-refractivity contribution is 0.327. The minimum absolute atomic E-state index is 0.615. The maximum atomic E-state index is 5.96. The second-order valence-corrected chi connectivity index (χ2v) is 16.7. The van der Waals surface area contributed by atoms with Gasteiger partial charge in [0.2, 0.25) is 0 Å². The predicted octanol–water partition coefficient (Wildman–Crippen LogP) is 4.06. The zero-order valence-corrected chi connectivity index (χ0v) is 15.6. The van der Waals surface area contributed by atoms with Gasteiger partial charge in [0.15, 0.2) is 16.6 Å². The van der Waals surface area contributed by atoms with E-state index in [9.17, 15) is 0 Å². The van der Waals surface area contributed by atoms with Crippen molar-refractivity contribution in [3.63, 3.8) is 0 Å². The predicted molar refractivity (Wildman–Crippen MR) is 84.7 cm³/mol. The minimum atomic E-state index is -1.54. The molecule has 0 saturated carbocycles. The van der Waals surface area contributed by atoms with E-state index in [2.05, 4.69) is 65.6 Å². The number of thioether (sulfide) groups is 1. The first-order chi connectivity index (χ1) is 7.67. The van der Waals surface area contributed by atoms with Gasteiger partial charge in [-0.3, -0.25) is 0 Å². The van der Waals surface area contributed by atoms with Crippen molar-refractivity contribution in [2.45, 2.75) is 63.6 Å². The molecule has 0 fully saturated rings. The molecule has 0 saturated heterocycles. The summed E-state index contributed by atoms with van der Waals surface area (Å²) in [5.74, 6) is 0. The Labute approximate surface area is 114 Å². The average Bonchev–Trinajstić information content (AvgIpc) is 2.17. The van der Waals surface area contributed by atoms with Crippen LogP contribution in [0.15, 0.2) is 0 Å². The molecule has 0 N–H and O–H groups in total. The molecule has 0 aliphatic heterocycles. The van der Waals surface area contributed by atoms with Crippen molar-refractivity contribution < 1.29 is 8.85 Å². The molecule has 0 amide bonds. The van der Waals surface area contributed by atoms with Gasteiger partial charge < -0.3 is 8.85 Å². The van der Waals surface area contributed by atoms with Gasteiger partial charge in [-0.15, -0.1) is 0 Å². The van der Waals surface area contributed by atoms with E-state index in [1.807, 2.05) is 0 Å². The van der Waals surface area contributed by atoms with Crippen LogP contribution in [0.5, 0.6) is 0 Å². The lowest BCUT2D eigenvalue weighted by atomic mass is 10.9. The van der Waals surface area contributed by atoms with Gasteiger partial charge in [0, 0.05) is 23.0 Å². The zero-order chi connectivity index (χ0) is 13.7. The summed E-state index contributed by atoms with van der Waals surface area (Å²) in [6, 6.07) is 0. The number of hydrogen-bond acceptors (Lipinski definition) is 3. The Morgan fingerprint density at radius 1 is 0.824 bits per heavy atom. The van der Waals surface area contributed by atoms with Crippen molar-refractivity contribution in [2.24, 2.45) is 0 Å². The Balaban J connectivity index is 4.42. The molecule has 0 bridgehead atoms. The van der Waals surface area contributed by atoms with E-state index in [1.54, 1.807) is 0 Å². The van der Waals surface area contributed by atoms with Crippen LogP contribution in [0.3, 0.4) is 0 Å². The van der Waals surface area contributed by atoms with Crippen LogP contribution in [-0.4, -0.2) is 39.6 Å². The maximum Gasteiger partial charge on any atom is 0.199 e. The van der Waals surface area contributed by atoms with Crippen LogP contribution in [0.2, 0.25) is 26.2 Å². The highest BCUT2D eigenvalue weighted by Crippen LogP contribution is 2.31. The van der Waals surface area contributed by atoms with E-state index >= 15 is 0 Å². The van der Waals surface area contributed by atoms with Gasteiger partial charge in [0.1, 0.15) is 0 Å². The normalized spacial score (nSPS) is 16.9. The van der Waals surface area contributed by atoms with Gasteiger partial charge in [-0.2, -0.15) is 11.8 Å². The highest BCUT2D eigenvalue weighted by molar-refractivity contribution is 8.03. The molecule has 2 atom stereocenters. The summed E-state index contributed by atoms with van der Waals surface area (Å²) in [4.78, 5) is 1.23. The third kappa shape index (κ3) is 5.92. The molecule has 0 aliphatic carbocycles. The van der Waals surface area contributed by atoms with E-state index in [1.165, 1.54) is 0 Å². The Morgan fingerprint density at radius 3 is 1.35 bits per heavy atom. The summed E-state index contributed by atoms with van der Waals surface area (Å²) < 4.78 is 11.9. The Kier molecular flexibility index (Phi) is 7.63. The molecule has 0 aromatic heterocycles. The highest BCUT2D eigenvalue weighted by atomic mass is 32.2. The van der Waals surface area contributed by atoms with Gasteiger partial charge in [0.25, 0.3) is 0 Å². The fraction of sp³-hybridized carbons (Fsp3) is 1.00. The molecule has 2 unspecified atom stereocenters. The van der Waals surface area contributed by atoms with Crippen molar-refractivity contribution in [3.05, 3.63) is 0 Å². The topological polar surface area (TPSA) is 18.5 Å². The van der Waals surface area contributed by atoms with Gasteiger partial charge in [-0.25, -0.2) is 0 Å². The lowest BCUT2D eigenvalue weighted by Gasteiger charge is -2.35. The van der Waals surface area contributed by atoms with Gasteiger partial charge in [-0.1, -0.05) is 13.8 Å². The van der Waals surface area contributed by atoms with E-state index in [-0.39, 0.29) is 0 Å².